The van der Waals surface area contributed by atoms with Crippen molar-refractivity contribution in [1.29, 1.82) is 0 Å². The Kier molecular flexibility index (Phi) is 3.09. The van der Waals surface area contributed by atoms with Gasteiger partial charge in [0.15, 0.2) is 0 Å². The standard InChI is InChI=1S/C13H14N4O3/c18-12(16-6-2-3-9(8-16)13(19)20)10-7-15-17-11(10)4-1-5-14-17/h1,4-5,7,9H,2-3,6,8H2,(H,19,20). The van der Waals surface area contributed by atoms with E-state index in [1.165, 1.54) is 10.8 Å². The molecule has 104 valence electrons. The van der Waals surface area contributed by atoms with Crippen LogP contribution in [-0.2, 0) is 4.79 Å². The Balaban J connectivity index is 1.87. The minimum atomic E-state index is -0.843. The molecule has 0 bridgehead atoms. The lowest BCUT2D eigenvalue weighted by Gasteiger charge is -2.30. The second kappa shape index (κ2) is 4.92. The first-order valence-electron chi connectivity index (χ1n) is 6.48. The highest BCUT2D eigenvalue weighted by Crippen LogP contribution is 2.20. The number of carbonyl (C=O) groups excluding carboxylic acids is 1. The second-order valence-corrected chi connectivity index (χ2v) is 4.89. The Bertz CT molecular complexity index is 666. The Labute approximate surface area is 114 Å². The number of nitrogens with zero attached hydrogens (tertiary/aromatic N) is 4. The molecule has 3 rings (SSSR count). The number of hydrogen-bond acceptors (Lipinski definition) is 4. The number of carboxylic acid groups (broad SMARTS) is 1. The third kappa shape index (κ3) is 2.11. The SMILES string of the molecule is O=C(O)C1CCCN(C(=O)c2cnn3ncccc23)C1. The number of aliphatic carboxylic acids is 1. The smallest absolute Gasteiger partial charge is 0.308 e. The molecule has 1 fully saturated rings. The number of hydrogen-bond donors (Lipinski definition) is 1. The quantitative estimate of drug-likeness (QED) is 0.869. The van der Waals surface area contributed by atoms with Gasteiger partial charge in [0.1, 0.15) is 5.52 Å². The van der Waals surface area contributed by atoms with Gasteiger partial charge in [-0.2, -0.15) is 14.8 Å². The van der Waals surface area contributed by atoms with E-state index < -0.39 is 11.9 Å². The normalized spacial score (nSPS) is 19.2. The average molecular weight is 274 g/mol. The van der Waals surface area contributed by atoms with Crippen LogP contribution < -0.4 is 0 Å². The zero-order valence-electron chi connectivity index (χ0n) is 10.8. The number of fused-ring (bicyclic) bond motifs is 1. The maximum atomic E-state index is 12.5. The molecule has 7 heteroatoms. The highest BCUT2D eigenvalue weighted by molar-refractivity contribution is 6.00. The van der Waals surface area contributed by atoms with E-state index in [0.717, 1.165) is 0 Å². The van der Waals surface area contributed by atoms with Crippen LogP contribution in [0.4, 0.5) is 0 Å². The van der Waals surface area contributed by atoms with Crippen LogP contribution in [0.2, 0.25) is 0 Å². The lowest BCUT2D eigenvalue weighted by atomic mass is 9.98. The summed E-state index contributed by atoms with van der Waals surface area (Å²) in [6.45, 7) is 0.839. The van der Waals surface area contributed by atoms with Crippen molar-refractivity contribution in [1.82, 2.24) is 19.7 Å². The molecule has 3 heterocycles. The largest absolute Gasteiger partial charge is 0.481 e. The lowest BCUT2D eigenvalue weighted by molar-refractivity contribution is -0.143. The van der Waals surface area contributed by atoms with Crippen LogP contribution in [-0.4, -0.2) is 49.8 Å². The van der Waals surface area contributed by atoms with Gasteiger partial charge in [0.05, 0.1) is 17.7 Å². The number of carbonyl (C=O) groups is 2. The fourth-order valence-electron chi connectivity index (χ4n) is 2.53. The van der Waals surface area contributed by atoms with Crippen LogP contribution >= 0.6 is 0 Å². The summed E-state index contributed by atoms with van der Waals surface area (Å²) >= 11 is 0. The van der Waals surface area contributed by atoms with E-state index in [9.17, 15) is 9.59 Å². The van der Waals surface area contributed by atoms with E-state index in [4.69, 9.17) is 5.11 Å². The molecule has 7 nitrogen and oxygen atoms in total. The molecule has 1 amide bonds. The van der Waals surface area contributed by atoms with Crippen molar-refractivity contribution in [3.63, 3.8) is 0 Å². The van der Waals surface area contributed by atoms with Crippen LogP contribution in [0, 0.1) is 5.92 Å². The fraction of sp³-hybridized carbons (Fsp3) is 0.385. The van der Waals surface area contributed by atoms with E-state index in [0.29, 0.717) is 30.5 Å². The summed E-state index contributed by atoms with van der Waals surface area (Å²) in [5.74, 6) is -1.50. The van der Waals surface area contributed by atoms with Crippen molar-refractivity contribution >= 4 is 17.4 Å². The van der Waals surface area contributed by atoms with Crippen molar-refractivity contribution in [3.05, 3.63) is 30.1 Å². The number of amides is 1. The van der Waals surface area contributed by atoms with Gasteiger partial charge in [-0.3, -0.25) is 9.59 Å². The number of aromatic nitrogens is 3. The molecular weight excluding hydrogens is 260 g/mol. The molecule has 1 atom stereocenters. The van der Waals surface area contributed by atoms with Crippen LogP contribution in [0.25, 0.3) is 5.52 Å². The Hall–Kier alpha value is -2.44. The second-order valence-electron chi connectivity index (χ2n) is 4.89. The van der Waals surface area contributed by atoms with E-state index >= 15 is 0 Å². The first-order valence-corrected chi connectivity index (χ1v) is 6.48. The molecule has 0 saturated carbocycles. The van der Waals surface area contributed by atoms with Gasteiger partial charge in [0.2, 0.25) is 0 Å². The minimum absolute atomic E-state index is 0.182. The third-order valence-electron chi connectivity index (χ3n) is 3.59. The summed E-state index contributed by atoms with van der Waals surface area (Å²) in [6, 6.07) is 3.51. The third-order valence-corrected chi connectivity index (χ3v) is 3.59. The molecule has 2 aromatic rings. The molecule has 1 aliphatic rings. The molecule has 1 N–H and O–H groups in total. The predicted molar refractivity (Wildman–Crippen MR) is 69.3 cm³/mol. The molecule has 20 heavy (non-hydrogen) atoms. The number of rotatable bonds is 2. The lowest BCUT2D eigenvalue weighted by Crippen LogP contribution is -2.42. The predicted octanol–water partition coefficient (Wildman–Crippen LogP) is 0.666. The number of carboxylic acids is 1. The van der Waals surface area contributed by atoms with Crippen molar-refractivity contribution < 1.29 is 14.7 Å². The minimum Gasteiger partial charge on any atom is -0.481 e. The monoisotopic (exact) mass is 274 g/mol. The summed E-state index contributed by atoms with van der Waals surface area (Å²) in [5.41, 5.74) is 1.10. The zero-order valence-corrected chi connectivity index (χ0v) is 10.8. The van der Waals surface area contributed by atoms with E-state index in [1.54, 1.807) is 23.2 Å². The van der Waals surface area contributed by atoms with Gasteiger partial charge in [0, 0.05) is 19.3 Å². The van der Waals surface area contributed by atoms with E-state index in [2.05, 4.69) is 10.2 Å². The van der Waals surface area contributed by atoms with Gasteiger partial charge in [-0.1, -0.05) is 0 Å². The molecule has 0 aromatic carbocycles. The van der Waals surface area contributed by atoms with Crippen molar-refractivity contribution in [2.45, 2.75) is 12.8 Å². The number of piperidine rings is 1. The van der Waals surface area contributed by atoms with Gasteiger partial charge in [-0.05, 0) is 25.0 Å². The molecule has 0 radical (unpaired) electrons. The summed E-state index contributed by atoms with van der Waals surface area (Å²) in [5, 5.41) is 17.1. The van der Waals surface area contributed by atoms with Gasteiger partial charge >= 0.3 is 5.97 Å². The van der Waals surface area contributed by atoms with Gasteiger partial charge in [0.25, 0.3) is 5.91 Å². The molecule has 1 unspecified atom stereocenters. The van der Waals surface area contributed by atoms with Crippen LogP contribution in [0.15, 0.2) is 24.5 Å². The van der Waals surface area contributed by atoms with Crippen LogP contribution in [0.5, 0.6) is 0 Å². The maximum absolute atomic E-state index is 12.5. The van der Waals surface area contributed by atoms with Gasteiger partial charge in [-0.25, -0.2) is 0 Å². The van der Waals surface area contributed by atoms with Crippen LogP contribution in [0.3, 0.4) is 0 Å². The Morgan fingerprint density at radius 1 is 1.35 bits per heavy atom. The summed E-state index contributed by atoms with van der Waals surface area (Å²) in [7, 11) is 0. The topological polar surface area (TPSA) is 87.8 Å². The Morgan fingerprint density at radius 2 is 2.20 bits per heavy atom. The molecule has 1 saturated heterocycles. The highest BCUT2D eigenvalue weighted by atomic mass is 16.4. The first-order chi connectivity index (χ1) is 9.66. The van der Waals surface area contributed by atoms with Crippen LogP contribution in [0.1, 0.15) is 23.2 Å². The van der Waals surface area contributed by atoms with E-state index in [1.807, 2.05) is 0 Å². The van der Waals surface area contributed by atoms with Gasteiger partial charge < -0.3 is 10.0 Å². The van der Waals surface area contributed by atoms with Crippen molar-refractivity contribution in [2.24, 2.45) is 5.92 Å². The van der Waals surface area contributed by atoms with E-state index in [-0.39, 0.29) is 12.5 Å². The summed E-state index contributed by atoms with van der Waals surface area (Å²) < 4.78 is 1.39. The van der Waals surface area contributed by atoms with Crippen molar-refractivity contribution in [2.75, 3.05) is 13.1 Å². The summed E-state index contributed by atoms with van der Waals surface area (Å²) in [4.78, 5) is 25.1. The highest BCUT2D eigenvalue weighted by Gasteiger charge is 2.29. The fourth-order valence-corrected chi connectivity index (χ4v) is 2.53. The zero-order chi connectivity index (χ0) is 14.1. The number of likely N-dealkylation sites (tertiary alicyclic amines) is 1. The summed E-state index contributed by atoms with van der Waals surface area (Å²) in [6.07, 6.45) is 4.40. The molecule has 0 spiro atoms. The first kappa shape index (κ1) is 12.6. The average Bonchev–Trinajstić information content (AvgIpc) is 2.90. The molecule has 2 aromatic heterocycles. The molecule has 0 aliphatic carbocycles. The molecular formula is C13H14N4O3. The van der Waals surface area contributed by atoms with Gasteiger partial charge in [-0.15, -0.1) is 0 Å². The maximum Gasteiger partial charge on any atom is 0.308 e. The van der Waals surface area contributed by atoms with Crippen molar-refractivity contribution in [3.8, 4) is 0 Å². The Morgan fingerprint density at radius 3 is 3.00 bits per heavy atom. The molecule has 1 aliphatic heterocycles.